The van der Waals surface area contributed by atoms with E-state index in [0.717, 1.165) is 4.88 Å². The van der Waals surface area contributed by atoms with Crippen molar-refractivity contribution >= 4 is 45.5 Å². The molecule has 0 bridgehead atoms. The van der Waals surface area contributed by atoms with Gasteiger partial charge in [-0.1, -0.05) is 0 Å². The molecule has 0 fully saturated rings. The van der Waals surface area contributed by atoms with Crippen molar-refractivity contribution in [2.45, 2.75) is 33.1 Å². The van der Waals surface area contributed by atoms with E-state index >= 15 is 0 Å². The van der Waals surface area contributed by atoms with E-state index in [0.29, 0.717) is 22.3 Å². The molecular formula is C16H18N2O4S2. The molecule has 6 nitrogen and oxygen atoms in total. The Labute approximate surface area is 147 Å². The second-order valence-electron chi connectivity index (χ2n) is 5.01. The predicted octanol–water partition coefficient (Wildman–Crippen LogP) is 3.22. The van der Waals surface area contributed by atoms with Crippen LogP contribution >= 0.6 is 22.7 Å². The summed E-state index contributed by atoms with van der Waals surface area (Å²) in [5, 5.41) is 4.76. The number of aryl methyl sites for hydroxylation is 1. The molecule has 2 aromatic heterocycles. The first-order valence-corrected chi connectivity index (χ1v) is 9.17. The van der Waals surface area contributed by atoms with Gasteiger partial charge >= 0.3 is 5.97 Å². The molecular weight excluding hydrogens is 348 g/mol. The Hall–Kier alpha value is -2.06. The van der Waals surface area contributed by atoms with Crippen LogP contribution in [0.2, 0.25) is 0 Å². The molecule has 1 amide bonds. The summed E-state index contributed by atoms with van der Waals surface area (Å²) in [4.78, 5) is 41.2. The number of anilines is 1. The monoisotopic (exact) mass is 366 g/mol. The van der Waals surface area contributed by atoms with E-state index in [1.165, 1.54) is 22.7 Å². The summed E-state index contributed by atoms with van der Waals surface area (Å²) in [6.07, 6.45) is 0.339. The number of ether oxygens (including phenoxy) is 1. The largest absolute Gasteiger partial charge is 0.466 e. The first-order valence-electron chi connectivity index (χ1n) is 7.47. The summed E-state index contributed by atoms with van der Waals surface area (Å²) in [5.41, 5.74) is 0.555. The van der Waals surface area contributed by atoms with Crippen molar-refractivity contribution in [1.29, 1.82) is 0 Å². The molecule has 0 unspecified atom stereocenters. The number of Topliss-reactive ketones (excluding diaryl/α,β-unsaturated/α-hetero) is 1. The first-order chi connectivity index (χ1) is 11.5. The van der Waals surface area contributed by atoms with E-state index in [4.69, 9.17) is 4.74 Å². The van der Waals surface area contributed by atoms with Crippen LogP contribution in [0.1, 0.15) is 40.0 Å². The number of amides is 1. The zero-order valence-corrected chi connectivity index (χ0v) is 15.1. The van der Waals surface area contributed by atoms with Gasteiger partial charge in [-0.25, -0.2) is 4.98 Å². The van der Waals surface area contributed by atoms with Gasteiger partial charge in [0.1, 0.15) is 0 Å². The quantitative estimate of drug-likeness (QED) is 0.573. The van der Waals surface area contributed by atoms with Crippen molar-refractivity contribution in [1.82, 2.24) is 4.98 Å². The van der Waals surface area contributed by atoms with Crippen LogP contribution in [0, 0.1) is 6.92 Å². The molecule has 0 saturated heterocycles. The second-order valence-corrected chi connectivity index (χ2v) is 7.15. The average Bonchev–Trinajstić information content (AvgIpc) is 3.14. The van der Waals surface area contributed by atoms with Gasteiger partial charge in [-0.3, -0.25) is 14.4 Å². The number of nitrogens with one attached hydrogen (secondary N) is 1. The third-order valence-electron chi connectivity index (χ3n) is 3.02. The predicted molar refractivity (Wildman–Crippen MR) is 93.7 cm³/mol. The van der Waals surface area contributed by atoms with Gasteiger partial charge in [0.15, 0.2) is 10.9 Å². The normalized spacial score (nSPS) is 10.4. The number of nitrogens with zero attached hydrogens (tertiary/aromatic N) is 1. The first kappa shape index (κ1) is 18.3. The summed E-state index contributed by atoms with van der Waals surface area (Å²) in [6.45, 7) is 4.00. The highest BCUT2D eigenvalue weighted by Gasteiger charge is 2.13. The van der Waals surface area contributed by atoms with Gasteiger partial charge in [0.2, 0.25) is 5.91 Å². The molecule has 2 aromatic rings. The number of aromatic nitrogens is 1. The number of esters is 1. The SMILES string of the molecule is CCOC(=O)Cc1csc(NC(=O)CCC(=O)c2ccc(C)s2)n1. The minimum Gasteiger partial charge on any atom is -0.466 e. The van der Waals surface area contributed by atoms with Crippen molar-refractivity contribution < 1.29 is 19.1 Å². The Morgan fingerprint density at radius 3 is 2.71 bits per heavy atom. The van der Waals surface area contributed by atoms with Gasteiger partial charge in [-0.2, -0.15) is 0 Å². The van der Waals surface area contributed by atoms with Crippen LogP contribution in [-0.4, -0.2) is 29.3 Å². The molecule has 0 spiro atoms. The number of carbonyl (C=O) groups excluding carboxylic acids is 3. The lowest BCUT2D eigenvalue weighted by atomic mass is 10.2. The number of carbonyl (C=O) groups is 3. The molecule has 0 aromatic carbocycles. The second kappa shape index (κ2) is 8.70. The fraction of sp³-hybridized carbons (Fsp3) is 0.375. The Morgan fingerprint density at radius 2 is 2.04 bits per heavy atom. The van der Waals surface area contributed by atoms with E-state index in [9.17, 15) is 14.4 Å². The van der Waals surface area contributed by atoms with Crippen LogP contribution in [0.5, 0.6) is 0 Å². The molecule has 0 aliphatic rings. The molecule has 0 saturated carbocycles. The number of thiophene rings is 1. The molecule has 128 valence electrons. The van der Waals surface area contributed by atoms with Gasteiger partial charge in [0, 0.05) is 23.1 Å². The van der Waals surface area contributed by atoms with Crippen molar-refractivity contribution in [2.75, 3.05) is 11.9 Å². The van der Waals surface area contributed by atoms with E-state index < -0.39 is 0 Å². The Kier molecular flexibility index (Phi) is 6.62. The maximum atomic E-state index is 12.0. The van der Waals surface area contributed by atoms with Gasteiger partial charge in [0.05, 0.1) is 23.6 Å². The zero-order chi connectivity index (χ0) is 17.5. The molecule has 0 radical (unpaired) electrons. The lowest BCUT2D eigenvalue weighted by Crippen LogP contribution is -2.13. The van der Waals surface area contributed by atoms with Crippen molar-refractivity contribution in [2.24, 2.45) is 0 Å². The lowest BCUT2D eigenvalue weighted by molar-refractivity contribution is -0.142. The van der Waals surface area contributed by atoms with Crippen LogP contribution in [-0.2, 0) is 20.7 Å². The van der Waals surface area contributed by atoms with Gasteiger partial charge < -0.3 is 10.1 Å². The zero-order valence-electron chi connectivity index (χ0n) is 13.5. The summed E-state index contributed by atoms with van der Waals surface area (Å²) < 4.78 is 4.85. The van der Waals surface area contributed by atoms with E-state index in [1.54, 1.807) is 18.4 Å². The van der Waals surface area contributed by atoms with Crippen LogP contribution in [0.3, 0.4) is 0 Å². The van der Waals surface area contributed by atoms with Crippen molar-refractivity contribution in [3.63, 3.8) is 0 Å². The molecule has 2 heterocycles. The van der Waals surface area contributed by atoms with Crippen molar-refractivity contribution in [3.05, 3.63) is 33.0 Å². The summed E-state index contributed by atoms with van der Waals surface area (Å²) in [6, 6.07) is 3.67. The van der Waals surface area contributed by atoms with Crippen LogP contribution in [0.25, 0.3) is 0 Å². The standard InChI is InChI=1S/C16H18N2O4S2/c1-3-22-15(21)8-11-9-23-16(17-11)18-14(20)7-5-12(19)13-6-4-10(2)24-13/h4,6,9H,3,5,7-8H2,1-2H3,(H,17,18,20). The molecule has 24 heavy (non-hydrogen) atoms. The molecule has 0 aliphatic carbocycles. The number of thiazole rings is 1. The Balaban J connectivity index is 1.79. The molecule has 8 heteroatoms. The van der Waals surface area contributed by atoms with Crippen LogP contribution < -0.4 is 5.32 Å². The highest BCUT2D eigenvalue weighted by molar-refractivity contribution is 7.14. The third-order valence-corrected chi connectivity index (χ3v) is 4.87. The summed E-state index contributed by atoms with van der Waals surface area (Å²) >= 11 is 2.67. The Bertz CT molecular complexity index is 736. The topological polar surface area (TPSA) is 85.4 Å². The summed E-state index contributed by atoms with van der Waals surface area (Å²) in [5.74, 6) is -0.656. The van der Waals surface area contributed by atoms with Crippen LogP contribution in [0.15, 0.2) is 17.5 Å². The fourth-order valence-corrected chi connectivity index (χ4v) is 3.48. The minimum atomic E-state index is -0.350. The van der Waals surface area contributed by atoms with Gasteiger partial charge in [-0.15, -0.1) is 22.7 Å². The van der Waals surface area contributed by atoms with Gasteiger partial charge in [0.25, 0.3) is 0 Å². The summed E-state index contributed by atoms with van der Waals surface area (Å²) in [7, 11) is 0. The molecule has 1 N–H and O–H groups in total. The molecule has 0 aliphatic heterocycles. The number of rotatable bonds is 8. The maximum absolute atomic E-state index is 12.0. The van der Waals surface area contributed by atoms with Crippen molar-refractivity contribution in [3.8, 4) is 0 Å². The Morgan fingerprint density at radius 1 is 1.25 bits per heavy atom. The number of ketones is 1. The molecule has 0 atom stereocenters. The highest BCUT2D eigenvalue weighted by Crippen LogP contribution is 2.19. The number of hydrogen-bond acceptors (Lipinski definition) is 7. The number of hydrogen-bond donors (Lipinski definition) is 1. The third kappa shape index (κ3) is 5.54. The van der Waals surface area contributed by atoms with Gasteiger partial charge in [-0.05, 0) is 26.0 Å². The smallest absolute Gasteiger partial charge is 0.311 e. The fourth-order valence-electron chi connectivity index (χ4n) is 1.92. The minimum absolute atomic E-state index is 0.0367. The van der Waals surface area contributed by atoms with Crippen LogP contribution in [0.4, 0.5) is 5.13 Å². The van der Waals surface area contributed by atoms with E-state index in [-0.39, 0.29) is 36.9 Å². The lowest BCUT2D eigenvalue weighted by Gasteiger charge is -2.01. The maximum Gasteiger partial charge on any atom is 0.311 e. The average molecular weight is 366 g/mol. The molecule has 2 rings (SSSR count). The van der Waals surface area contributed by atoms with E-state index in [1.807, 2.05) is 13.0 Å². The highest BCUT2D eigenvalue weighted by atomic mass is 32.1. The van der Waals surface area contributed by atoms with E-state index in [2.05, 4.69) is 10.3 Å².